The van der Waals surface area contributed by atoms with E-state index in [-0.39, 0.29) is 0 Å². The number of piperidine rings is 1. The quantitative estimate of drug-likeness (QED) is 0.491. The molecule has 0 aliphatic carbocycles. The van der Waals surface area contributed by atoms with Crippen molar-refractivity contribution in [2.75, 3.05) is 13.1 Å². The molecule has 11 heavy (non-hydrogen) atoms. The summed E-state index contributed by atoms with van der Waals surface area (Å²) in [4.78, 5) is 12.4. The molecule has 0 aromatic rings. The van der Waals surface area contributed by atoms with E-state index in [1.54, 1.807) is 4.90 Å². The van der Waals surface area contributed by atoms with Gasteiger partial charge in [0.1, 0.15) is 0 Å². The minimum atomic E-state index is -0.507. The standard InChI is InChI=1S/C7H10N2O2/c8-6-11-7(10)9-4-2-1-3-5-9/h1-5H2. The molecule has 0 aromatic carbocycles. The summed E-state index contributed by atoms with van der Waals surface area (Å²) < 4.78 is 4.17. The van der Waals surface area contributed by atoms with E-state index in [0.717, 1.165) is 32.4 Å². The monoisotopic (exact) mass is 154 g/mol. The fourth-order valence-electron chi connectivity index (χ4n) is 1.18. The van der Waals surface area contributed by atoms with Crippen LogP contribution in [0.2, 0.25) is 0 Å². The molecule has 1 fully saturated rings. The fraction of sp³-hybridized carbons (Fsp3) is 0.714. The molecule has 1 aliphatic heterocycles. The average Bonchev–Trinajstić information content (AvgIpc) is 2.07. The number of hydrogen-bond acceptors (Lipinski definition) is 3. The van der Waals surface area contributed by atoms with E-state index in [2.05, 4.69) is 4.74 Å². The first-order chi connectivity index (χ1) is 5.34. The summed E-state index contributed by atoms with van der Waals surface area (Å²) in [5, 5.41) is 8.05. The first-order valence-corrected chi connectivity index (χ1v) is 3.69. The second-order valence-electron chi connectivity index (χ2n) is 2.51. The zero-order valence-corrected chi connectivity index (χ0v) is 6.25. The van der Waals surface area contributed by atoms with Crippen molar-refractivity contribution in [1.29, 1.82) is 5.26 Å². The Labute approximate surface area is 65.4 Å². The number of hydrogen-bond donors (Lipinski definition) is 0. The maximum atomic E-state index is 10.9. The first-order valence-electron chi connectivity index (χ1n) is 3.69. The normalized spacial score (nSPS) is 17.2. The predicted octanol–water partition coefficient (Wildman–Crippen LogP) is 1.09. The molecule has 0 unspecified atom stereocenters. The van der Waals surface area contributed by atoms with Gasteiger partial charge >= 0.3 is 6.09 Å². The van der Waals surface area contributed by atoms with Crippen LogP contribution in [-0.2, 0) is 4.74 Å². The van der Waals surface area contributed by atoms with Gasteiger partial charge in [0.05, 0.1) is 0 Å². The molecule has 4 heteroatoms. The van der Waals surface area contributed by atoms with Crippen LogP contribution in [0.4, 0.5) is 4.79 Å². The van der Waals surface area contributed by atoms with Crippen LogP contribution in [0.15, 0.2) is 0 Å². The van der Waals surface area contributed by atoms with Crippen molar-refractivity contribution < 1.29 is 9.53 Å². The molecule has 0 N–H and O–H groups in total. The predicted molar refractivity (Wildman–Crippen MR) is 37.5 cm³/mol. The van der Waals surface area contributed by atoms with E-state index in [0.29, 0.717) is 0 Å². The number of carbonyl (C=O) groups excluding carboxylic acids is 1. The Hall–Kier alpha value is -1.24. The van der Waals surface area contributed by atoms with Crippen LogP contribution in [-0.4, -0.2) is 24.1 Å². The lowest BCUT2D eigenvalue weighted by Crippen LogP contribution is -2.35. The van der Waals surface area contributed by atoms with Crippen molar-refractivity contribution >= 4 is 6.09 Å². The molecule has 0 atom stereocenters. The van der Waals surface area contributed by atoms with Gasteiger partial charge in [-0.3, -0.25) is 0 Å². The summed E-state index contributed by atoms with van der Waals surface area (Å²) in [7, 11) is 0. The first kappa shape index (κ1) is 7.86. The molecule has 1 heterocycles. The van der Waals surface area contributed by atoms with Gasteiger partial charge in [-0.1, -0.05) is 0 Å². The van der Waals surface area contributed by atoms with Gasteiger partial charge in [0.25, 0.3) is 6.26 Å². The van der Waals surface area contributed by atoms with Crippen molar-refractivity contribution in [3.63, 3.8) is 0 Å². The number of rotatable bonds is 0. The lowest BCUT2D eigenvalue weighted by Gasteiger charge is -2.23. The Kier molecular flexibility index (Phi) is 2.73. The van der Waals surface area contributed by atoms with Crippen molar-refractivity contribution in [2.24, 2.45) is 0 Å². The zero-order valence-electron chi connectivity index (χ0n) is 6.25. The van der Waals surface area contributed by atoms with E-state index in [1.807, 2.05) is 0 Å². The van der Waals surface area contributed by atoms with Crippen LogP contribution >= 0.6 is 0 Å². The molecular formula is C7H10N2O2. The molecule has 1 saturated heterocycles. The highest BCUT2D eigenvalue weighted by Crippen LogP contribution is 2.09. The number of ether oxygens (including phenoxy) is 1. The molecule has 60 valence electrons. The summed E-state index contributed by atoms with van der Waals surface area (Å²) in [6.07, 6.45) is 4.06. The van der Waals surface area contributed by atoms with Crippen molar-refractivity contribution in [2.45, 2.75) is 19.3 Å². The molecule has 0 spiro atoms. The molecule has 1 rings (SSSR count). The van der Waals surface area contributed by atoms with Gasteiger partial charge in [0.2, 0.25) is 0 Å². The average molecular weight is 154 g/mol. The number of likely N-dealkylation sites (tertiary alicyclic amines) is 1. The largest absolute Gasteiger partial charge is 0.425 e. The summed E-state index contributed by atoms with van der Waals surface area (Å²) in [5.74, 6) is 0. The molecule has 0 saturated carbocycles. The fourth-order valence-corrected chi connectivity index (χ4v) is 1.18. The SMILES string of the molecule is N#COC(=O)N1CCCCC1. The maximum Gasteiger partial charge on any atom is 0.425 e. The highest BCUT2D eigenvalue weighted by atomic mass is 16.5. The number of carbonyl (C=O) groups is 1. The molecule has 1 aliphatic rings. The number of nitrogens with zero attached hydrogens (tertiary/aromatic N) is 2. The van der Waals surface area contributed by atoms with Crippen LogP contribution in [0.25, 0.3) is 0 Å². The lowest BCUT2D eigenvalue weighted by molar-refractivity contribution is 0.132. The molecule has 4 nitrogen and oxygen atoms in total. The lowest BCUT2D eigenvalue weighted by atomic mass is 10.1. The van der Waals surface area contributed by atoms with E-state index in [4.69, 9.17) is 5.26 Å². The molecule has 0 bridgehead atoms. The summed E-state index contributed by atoms with van der Waals surface area (Å²) >= 11 is 0. The number of nitriles is 1. The maximum absolute atomic E-state index is 10.9. The van der Waals surface area contributed by atoms with Gasteiger partial charge in [0.15, 0.2) is 0 Å². The molecule has 0 radical (unpaired) electrons. The molecule has 1 amide bonds. The Morgan fingerprint density at radius 3 is 2.55 bits per heavy atom. The number of amides is 1. The molecule has 0 aromatic heterocycles. The van der Waals surface area contributed by atoms with E-state index >= 15 is 0 Å². The van der Waals surface area contributed by atoms with Gasteiger partial charge in [-0.2, -0.15) is 0 Å². The van der Waals surface area contributed by atoms with Crippen molar-refractivity contribution in [3.8, 4) is 6.26 Å². The molecular weight excluding hydrogens is 144 g/mol. The minimum Gasteiger partial charge on any atom is -0.333 e. The third kappa shape index (κ3) is 2.11. The van der Waals surface area contributed by atoms with E-state index in [9.17, 15) is 4.79 Å². The Morgan fingerprint density at radius 2 is 2.00 bits per heavy atom. The Morgan fingerprint density at radius 1 is 1.36 bits per heavy atom. The highest BCUT2D eigenvalue weighted by Gasteiger charge is 2.17. The Bertz CT molecular complexity index is 179. The summed E-state index contributed by atoms with van der Waals surface area (Å²) in [5.41, 5.74) is 0. The third-order valence-electron chi connectivity index (χ3n) is 1.75. The van der Waals surface area contributed by atoms with Gasteiger partial charge in [-0.25, -0.2) is 4.79 Å². The van der Waals surface area contributed by atoms with Crippen molar-refractivity contribution in [1.82, 2.24) is 4.90 Å². The highest BCUT2D eigenvalue weighted by molar-refractivity contribution is 5.68. The summed E-state index contributed by atoms with van der Waals surface area (Å²) in [6, 6.07) is 0. The van der Waals surface area contributed by atoms with Gasteiger partial charge in [-0.05, 0) is 19.3 Å². The second kappa shape index (κ2) is 3.81. The summed E-state index contributed by atoms with van der Waals surface area (Å²) in [6.45, 7) is 1.45. The van der Waals surface area contributed by atoms with Crippen LogP contribution in [0, 0.1) is 11.5 Å². The Balaban J connectivity index is 2.34. The zero-order chi connectivity index (χ0) is 8.10. The topological polar surface area (TPSA) is 53.3 Å². The minimum absolute atomic E-state index is 0.507. The van der Waals surface area contributed by atoms with E-state index < -0.39 is 6.09 Å². The van der Waals surface area contributed by atoms with E-state index in [1.165, 1.54) is 6.26 Å². The van der Waals surface area contributed by atoms with Gasteiger partial charge in [-0.15, -0.1) is 5.26 Å². The van der Waals surface area contributed by atoms with Crippen LogP contribution in [0.1, 0.15) is 19.3 Å². The van der Waals surface area contributed by atoms with Crippen LogP contribution in [0.5, 0.6) is 0 Å². The van der Waals surface area contributed by atoms with Gasteiger partial charge < -0.3 is 9.64 Å². The van der Waals surface area contributed by atoms with Gasteiger partial charge in [0, 0.05) is 13.1 Å². The van der Waals surface area contributed by atoms with Crippen LogP contribution < -0.4 is 0 Å². The third-order valence-corrected chi connectivity index (χ3v) is 1.75. The second-order valence-corrected chi connectivity index (χ2v) is 2.51. The smallest absolute Gasteiger partial charge is 0.333 e. The van der Waals surface area contributed by atoms with Crippen LogP contribution in [0.3, 0.4) is 0 Å². The van der Waals surface area contributed by atoms with Crippen molar-refractivity contribution in [3.05, 3.63) is 0 Å².